The number of nitrogens with zero attached hydrogens (tertiary/aromatic N) is 6. The molecule has 2 N–H and O–H groups in total. The van der Waals surface area contributed by atoms with Gasteiger partial charge in [-0.3, -0.25) is 13.9 Å². The van der Waals surface area contributed by atoms with Crippen molar-refractivity contribution in [3.63, 3.8) is 0 Å². The zero-order chi connectivity index (χ0) is 29.9. The van der Waals surface area contributed by atoms with E-state index < -0.39 is 0 Å². The summed E-state index contributed by atoms with van der Waals surface area (Å²) in [4.78, 5) is 25.8. The first-order valence-electron chi connectivity index (χ1n) is 15.0. The summed E-state index contributed by atoms with van der Waals surface area (Å²) in [6, 6.07) is 21.4. The molecule has 2 aliphatic heterocycles. The van der Waals surface area contributed by atoms with Crippen LogP contribution < -0.4 is 10.6 Å². The Morgan fingerprint density at radius 2 is 1.82 bits per heavy atom. The third-order valence-electron chi connectivity index (χ3n) is 8.22. The maximum absolute atomic E-state index is 13.1. The molecule has 2 saturated heterocycles. The Labute approximate surface area is 256 Å². The van der Waals surface area contributed by atoms with Crippen molar-refractivity contribution in [3.05, 3.63) is 108 Å². The van der Waals surface area contributed by atoms with Gasteiger partial charge in [-0.15, -0.1) is 0 Å². The summed E-state index contributed by atoms with van der Waals surface area (Å²) in [7, 11) is 2.17. The molecule has 0 spiro atoms. The predicted octanol–water partition coefficient (Wildman–Crippen LogP) is 5.85. The number of hydrogen-bond donors (Lipinski definition) is 2. The summed E-state index contributed by atoms with van der Waals surface area (Å²) in [5.41, 5.74) is 5.82. The number of fused-ring (bicyclic) bond motifs is 1. The smallest absolute Gasteiger partial charge is 0.346 e. The Balaban J connectivity index is 1.04. The number of hydrogen-bond acceptors (Lipinski definition) is 6. The van der Waals surface area contributed by atoms with Gasteiger partial charge in [0.1, 0.15) is 5.69 Å². The number of nitrogens with one attached hydrogen (secondary N) is 2. The molecule has 222 valence electrons. The Bertz CT molecular complexity index is 1830. The maximum Gasteiger partial charge on any atom is 0.346 e. The van der Waals surface area contributed by atoms with Crippen LogP contribution in [0.25, 0.3) is 5.65 Å². The van der Waals surface area contributed by atoms with Gasteiger partial charge in [-0.05, 0) is 74.8 Å². The van der Waals surface area contributed by atoms with Crippen LogP contribution in [0.3, 0.4) is 0 Å². The largest absolute Gasteiger partial charge is 0.350 e. The average Bonchev–Trinajstić information content (AvgIpc) is 3.82. The molecule has 10 nitrogen and oxygen atoms in total. The van der Waals surface area contributed by atoms with E-state index in [1.54, 1.807) is 6.20 Å². The number of amides is 2. The van der Waals surface area contributed by atoms with E-state index in [1.807, 2.05) is 83.5 Å². The highest BCUT2D eigenvalue weighted by molar-refractivity contribution is 5.89. The maximum atomic E-state index is 13.1. The lowest BCUT2D eigenvalue weighted by molar-refractivity contribution is -0.0829. The van der Waals surface area contributed by atoms with Crippen molar-refractivity contribution in [2.75, 3.05) is 37.4 Å². The number of imidazole rings is 1. The number of pyridine rings is 1. The summed E-state index contributed by atoms with van der Waals surface area (Å²) >= 11 is 0. The highest BCUT2D eigenvalue weighted by Gasteiger charge is 2.31. The summed E-state index contributed by atoms with van der Waals surface area (Å²) in [6.07, 6.45) is 10.6. The minimum absolute atomic E-state index is 0.121. The number of carbonyl (C=O) groups is 1. The van der Waals surface area contributed by atoms with Gasteiger partial charge in [0.25, 0.3) is 0 Å². The summed E-state index contributed by atoms with van der Waals surface area (Å²) < 4.78 is 4.05. The lowest BCUT2D eigenvalue weighted by Gasteiger charge is -2.28. The number of piperidine rings is 1. The second-order valence-corrected chi connectivity index (χ2v) is 11.3. The first-order valence-corrected chi connectivity index (χ1v) is 15.0. The minimum atomic E-state index is -0.305. The summed E-state index contributed by atoms with van der Waals surface area (Å²) in [6.45, 7) is 2.68. The molecule has 7 rings (SSSR count). The highest BCUT2D eigenvalue weighted by Crippen LogP contribution is 2.31. The zero-order valence-electron chi connectivity index (χ0n) is 24.6. The minimum Gasteiger partial charge on any atom is -0.350 e. The molecule has 44 heavy (non-hydrogen) atoms. The third-order valence-corrected chi connectivity index (χ3v) is 8.22. The van der Waals surface area contributed by atoms with Crippen molar-refractivity contribution in [2.24, 2.45) is 0 Å². The molecule has 5 aromatic rings. The van der Waals surface area contributed by atoms with Crippen LogP contribution in [-0.2, 0) is 4.84 Å². The molecular weight excluding hydrogens is 552 g/mol. The fraction of sp³-hybridized carbons (Fsp3) is 0.265. The number of hydroxylamine groups is 2. The second-order valence-electron chi connectivity index (χ2n) is 11.3. The normalized spacial score (nSPS) is 17.4. The number of anilines is 3. The molecule has 0 radical (unpaired) electrons. The molecule has 0 unspecified atom stereocenters. The van der Waals surface area contributed by atoms with Crippen LogP contribution in [0.2, 0.25) is 0 Å². The van der Waals surface area contributed by atoms with Gasteiger partial charge in [0.2, 0.25) is 0 Å². The number of aromatic nitrogens is 4. The zero-order valence-corrected chi connectivity index (χ0v) is 24.6. The van der Waals surface area contributed by atoms with Crippen molar-refractivity contribution in [2.45, 2.75) is 31.3 Å². The van der Waals surface area contributed by atoms with Crippen molar-refractivity contribution in [3.8, 4) is 11.8 Å². The van der Waals surface area contributed by atoms with Crippen molar-refractivity contribution in [1.29, 1.82) is 0 Å². The van der Waals surface area contributed by atoms with Gasteiger partial charge < -0.3 is 15.5 Å². The molecule has 0 aliphatic carbocycles. The van der Waals surface area contributed by atoms with Crippen LogP contribution in [0.4, 0.5) is 21.9 Å². The van der Waals surface area contributed by atoms with Gasteiger partial charge in [-0.25, -0.2) is 9.78 Å². The van der Waals surface area contributed by atoms with Crippen molar-refractivity contribution < 1.29 is 9.63 Å². The van der Waals surface area contributed by atoms with Crippen LogP contribution in [0.15, 0.2) is 91.5 Å². The predicted molar refractivity (Wildman–Crippen MR) is 170 cm³/mol. The molecule has 2 amide bonds. The standard InChI is InChI=1S/C34H34N8O2/c1-39-18-14-29(15-19-39)41-24-28(22-36-41)37-31-11-6-17-40-30(23-35-33(31)40)13-12-25-7-5-10-27(21-25)38-34(43)42-32(16-20-44-42)26-8-3-2-4-9-26/h2-11,17,21-24,29,32,37H,14-16,18-20H2,1H3,(H,38,43)/t32-/m0/s1. The van der Waals surface area contributed by atoms with Gasteiger partial charge >= 0.3 is 6.03 Å². The topological polar surface area (TPSA) is 92.0 Å². The van der Waals surface area contributed by atoms with Crippen molar-refractivity contribution >= 4 is 28.7 Å². The van der Waals surface area contributed by atoms with E-state index in [0.717, 1.165) is 66.2 Å². The molecule has 0 bridgehead atoms. The Kier molecular flexibility index (Phi) is 7.71. The first-order chi connectivity index (χ1) is 21.6. The molecule has 5 heterocycles. The number of carbonyl (C=O) groups excluding carboxylic acids is 1. The average molecular weight is 587 g/mol. The SMILES string of the molecule is CN1CCC(n2cc(Nc3cccn4c(C#Cc5cccc(NC(=O)N6OCC[C@H]6c6ccccc6)c5)cnc34)cn2)CC1. The third kappa shape index (κ3) is 5.88. The number of likely N-dealkylation sites (tertiary alicyclic amines) is 1. The van der Waals surface area contributed by atoms with Crippen LogP contribution in [0.1, 0.15) is 48.2 Å². The first kappa shape index (κ1) is 27.7. The molecular formula is C34H34N8O2. The van der Waals surface area contributed by atoms with E-state index in [9.17, 15) is 4.79 Å². The van der Waals surface area contributed by atoms with Gasteiger partial charge in [0, 0.05) is 30.1 Å². The van der Waals surface area contributed by atoms with Gasteiger partial charge in [0.05, 0.1) is 42.5 Å². The van der Waals surface area contributed by atoms with Gasteiger partial charge in [-0.1, -0.05) is 42.3 Å². The van der Waals surface area contributed by atoms with Crippen molar-refractivity contribution in [1.82, 2.24) is 29.1 Å². The Morgan fingerprint density at radius 3 is 2.68 bits per heavy atom. The Hall–Kier alpha value is -5.11. The number of rotatable bonds is 5. The molecule has 0 saturated carbocycles. The quantitative estimate of drug-likeness (QED) is 0.251. The summed E-state index contributed by atoms with van der Waals surface area (Å²) in [5, 5.41) is 12.5. The lowest BCUT2D eigenvalue weighted by Crippen LogP contribution is -2.33. The highest BCUT2D eigenvalue weighted by atomic mass is 16.7. The fourth-order valence-corrected chi connectivity index (χ4v) is 5.86. The molecule has 10 heteroatoms. The second kappa shape index (κ2) is 12.2. The van der Waals surface area contributed by atoms with Crippen LogP contribution in [0, 0.1) is 11.8 Å². The molecule has 2 aromatic carbocycles. The molecule has 1 atom stereocenters. The van der Waals surface area contributed by atoms with Crippen LogP contribution >= 0.6 is 0 Å². The fourth-order valence-electron chi connectivity index (χ4n) is 5.86. The Morgan fingerprint density at radius 1 is 0.955 bits per heavy atom. The molecule has 2 fully saturated rings. The van der Waals surface area contributed by atoms with Gasteiger partial charge in [-0.2, -0.15) is 10.2 Å². The molecule has 3 aromatic heterocycles. The van der Waals surface area contributed by atoms with E-state index in [1.165, 1.54) is 5.06 Å². The molecule has 2 aliphatic rings. The van der Waals surface area contributed by atoms with E-state index in [2.05, 4.69) is 55.4 Å². The van der Waals surface area contributed by atoms with Crippen LogP contribution in [-0.4, -0.2) is 61.9 Å². The van der Waals surface area contributed by atoms with E-state index in [-0.39, 0.29) is 12.1 Å². The number of benzene rings is 2. The van der Waals surface area contributed by atoms with E-state index >= 15 is 0 Å². The van der Waals surface area contributed by atoms with Crippen LogP contribution in [0.5, 0.6) is 0 Å². The lowest BCUT2D eigenvalue weighted by atomic mass is 10.1. The van der Waals surface area contributed by atoms with E-state index in [4.69, 9.17) is 4.84 Å². The monoisotopic (exact) mass is 586 g/mol. The number of urea groups is 1. The summed E-state index contributed by atoms with van der Waals surface area (Å²) in [5.74, 6) is 6.47. The van der Waals surface area contributed by atoms with E-state index in [0.29, 0.717) is 18.3 Å². The van der Waals surface area contributed by atoms with Gasteiger partial charge in [0.15, 0.2) is 5.65 Å².